The van der Waals surface area contributed by atoms with Crippen LogP contribution in [0.5, 0.6) is 11.5 Å². The fraction of sp³-hybridized carbons (Fsp3) is 0.368. The first kappa shape index (κ1) is 16.4. The third kappa shape index (κ3) is 4.01. The fourth-order valence-corrected chi connectivity index (χ4v) is 2.52. The second-order valence-electron chi connectivity index (χ2n) is 5.69. The van der Waals surface area contributed by atoms with E-state index in [0.717, 1.165) is 30.2 Å². The number of benzene rings is 2. The van der Waals surface area contributed by atoms with E-state index >= 15 is 0 Å². The van der Waals surface area contributed by atoms with Crippen molar-refractivity contribution in [1.29, 1.82) is 0 Å². The van der Waals surface area contributed by atoms with Gasteiger partial charge in [-0.15, -0.1) is 0 Å². The molecule has 0 bridgehead atoms. The Labute approximate surface area is 133 Å². The summed E-state index contributed by atoms with van der Waals surface area (Å²) in [5.74, 6) is 1.64. The fourth-order valence-electron chi connectivity index (χ4n) is 2.52. The predicted molar refractivity (Wildman–Crippen MR) is 90.7 cm³/mol. The van der Waals surface area contributed by atoms with Crippen LogP contribution < -0.4 is 14.8 Å². The van der Waals surface area contributed by atoms with Crippen LogP contribution in [0.4, 0.5) is 0 Å². The Morgan fingerprint density at radius 1 is 0.727 bits per heavy atom. The summed E-state index contributed by atoms with van der Waals surface area (Å²) in [5.41, 5.74) is 6.51. The Morgan fingerprint density at radius 3 is 1.91 bits per heavy atom. The van der Waals surface area contributed by atoms with Gasteiger partial charge in [0.15, 0.2) is 0 Å². The van der Waals surface area contributed by atoms with Crippen LogP contribution in [-0.2, 0) is 13.1 Å². The summed E-state index contributed by atoms with van der Waals surface area (Å²) in [6, 6.07) is 10.5. The highest BCUT2D eigenvalue weighted by molar-refractivity contribution is 5.39. The molecule has 0 spiro atoms. The lowest BCUT2D eigenvalue weighted by atomic mass is 10.0. The highest BCUT2D eigenvalue weighted by atomic mass is 16.5. The molecular weight excluding hydrogens is 274 g/mol. The van der Waals surface area contributed by atoms with E-state index in [-0.39, 0.29) is 0 Å². The molecule has 1 N–H and O–H groups in total. The van der Waals surface area contributed by atoms with Gasteiger partial charge in [0, 0.05) is 19.2 Å². The number of hydrogen-bond donors (Lipinski definition) is 1. The molecule has 3 heteroatoms. The molecule has 2 aromatic carbocycles. The molecule has 0 atom stereocenters. The van der Waals surface area contributed by atoms with Crippen molar-refractivity contribution in [3.8, 4) is 11.5 Å². The molecule has 0 aromatic heterocycles. The van der Waals surface area contributed by atoms with Gasteiger partial charge in [-0.1, -0.05) is 12.1 Å². The van der Waals surface area contributed by atoms with Crippen molar-refractivity contribution in [2.45, 2.75) is 33.9 Å². The van der Waals surface area contributed by atoms with Crippen LogP contribution in [0.2, 0.25) is 0 Å². The lowest BCUT2D eigenvalue weighted by Crippen LogP contribution is -2.14. The third-order valence-corrected chi connectivity index (χ3v) is 4.01. The smallest absolute Gasteiger partial charge is 0.122 e. The van der Waals surface area contributed by atoms with Gasteiger partial charge in [0.1, 0.15) is 11.5 Å². The topological polar surface area (TPSA) is 30.5 Å². The van der Waals surface area contributed by atoms with Crippen LogP contribution in [0.15, 0.2) is 30.3 Å². The van der Waals surface area contributed by atoms with Crippen molar-refractivity contribution in [2.24, 2.45) is 0 Å². The van der Waals surface area contributed by atoms with Gasteiger partial charge in [0.25, 0.3) is 0 Å². The Balaban J connectivity index is 2.03. The van der Waals surface area contributed by atoms with Crippen molar-refractivity contribution in [3.05, 3.63) is 58.1 Å². The second kappa shape index (κ2) is 7.32. The molecule has 2 rings (SSSR count). The molecule has 0 saturated carbocycles. The monoisotopic (exact) mass is 299 g/mol. The molecule has 0 unspecified atom stereocenters. The Hall–Kier alpha value is -2.00. The lowest BCUT2D eigenvalue weighted by molar-refractivity contribution is 0.393. The number of hydrogen-bond acceptors (Lipinski definition) is 3. The van der Waals surface area contributed by atoms with E-state index in [2.05, 4.69) is 38.2 Å². The average molecular weight is 299 g/mol. The Bertz CT molecular complexity index is 628. The molecule has 0 aliphatic heterocycles. The minimum absolute atomic E-state index is 0.778. The van der Waals surface area contributed by atoms with E-state index in [9.17, 15) is 0 Å². The second-order valence-corrected chi connectivity index (χ2v) is 5.69. The molecule has 0 aliphatic carbocycles. The van der Waals surface area contributed by atoms with Crippen LogP contribution in [-0.4, -0.2) is 14.2 Å². The van der Waals surface area contributed by atoms with Crippen LogP contribution in [0.25, 0.3) is 0 Å². The SMILES string of the molecule is COc1cc(CNCc2cc(C)c(C)cc2C)cc(OC)c1. The van der Waals surface area contributed by atoms with Crippen molar-refractivity contribution in [3.63, 3.8) is 0 Å². The zero-order chi connectivity index (χ0) is 16.1. The first-order valence-electron chi connectivity index (χ1n) is 7.53. The number of nitrogens with one attached hydrogen (secondary N) is 1. The molecule has 118 valence electrons. The maximum atomic E-state index is 5.30. The van der Waals surface area contributed by atoms with Crippen molar-refractivity contribution < 1.29 is 9.47 Å². The van der Waals surface area contributed by atoms with E-state index in [4.69, 9.17) is 9.47 Å². The number of rotatable bonds is 6. The van der Waals surface area contributed by atoms with Crippen LogP contribution >= 0.6 is 0 Å². The van der Waals surface area contributed by atoms with Gasteiger partial charge in [0.05, 0.1) is 14.2 Å². The molecule has 0 heterocycles. The quantitative estimate of drug-likeness (QED) is 0.877. The van der Waals surface area contributed by atoms with Gasteiger partial charge in [0.2, 0.25) is 0 Å². The maximum Gasteiger partial charge on any atom is 0.122 e. The molecule has 0 aliphatic rings. The molecule has 3 nitrogen and oxygen atoms in total. The third-order valence-electron chi connectivity index (χ3n) is 4.01. The zero-order valence-electron chi connectivity index (χ0n) is 14.1. The summed E-state index contributed by atoms with van der Waals surface area (Å²) >= 11 is 0. The molecular formula is C19H25NO2. The van der Waals surface area contributed by atoms with Gasteiger partial charge in [-0.25, -0.2) is 0 Å². The normalized spacial score (nSPS) is 10.6. The number of aryl methyl sites for hydroxylation is 3. The van der Waals surface area contributed by atoms with E-state index in [0.29, 0.717) is 0 Å². The molecule has 0 radical (unpaired) electrons. The van der Waals surface area contributed by atoms with E-state index in [1.165, 1.54) is 22.3 Å². The zero-order valence-corrected chi connectivity index (χ0v) is 14.1. The summed E-state index contributed by atoms with van der Waals surface area (Å²) in [4.78, 5) is 0. The van der Waals surface area contributed by atoms with Crippen molar-refractivity contribution in [2.75, 3.05) is 14.2 Å². The van der Waals surface area contributed by atoms with E-state index < -0.39 is 0 Å². The first-order chi connectivity index (χ1) is 10.5. The summed E-state index contributed by atoms with van der Waals surface area (Å²) in [7, 11) is 3.34. The van der Waals surface area contributed by atoms with E-state index in [1.807, 2.05) is 18.2 Å². The summed E-state index contributed by atoms with van der Waals surface area (Å²) in [6.45, 7) is 8.11. The highest BCUT2D eigenvalue weighted by Gasteiger charge is 2.04. The van der Waals surface area contributed by atoms with Gasteiger partial charge in [-0.05, 0) is 60.7 Å². The van der Waals surface area contributed by atoms with Crippen molar-refractivity contribution in [1.82, 2.24) is 5.32 Å². The predicted octanol–water partition coefficient (Wildman–Crippen LogP) is 3.92. The minimum atomic E-state index is 0.778. The lowest BCUT2D eigenvalue weighted by Gasteiger charge is -2.12. The van der Waals surface area contributed by atoms with Gasteiger partial charge >= 0.3 is 0 Å². The van der Waals surface area contributed by atoms with Crippen LogP contribution in [0, 0.1) is 20.8 Å². The Morgan fingerprint density at radius 2 is 1.32 bits per heavy atom. The summed E-state index contributed by atoms with van der Waals surface area (Å²) in [6.07, 6.45) is 0. The standard InChI is InChI=1S/C19H25NO2/c1-13-6-15(3)17(7-14(13)2)12-20-11-16-8-18(21-4)10-19(9-16)22-5/h6-10,20H,11-12H2,1-5H3. The van der Waals surface area contributed by atoms with Crippen LogP contribution in [0.1, 0.15) is 27.8 Å². The van der Waals surface area contributed by atoms with E-state index in [1.54, 1.807) is 14.2 Å². The van der Waals surface area contributed by atoms with Crippen molar-refractivity contribution >= 4 is 0 Å². The molecule has 22 heavy (non-hydrogen) atoms. The summed E-state index contributed by atoms with van der Waals surface area (Å²) in [5, 5.41) is 3.50. The highest BCUT2D eigenvalue weighted by Crippen LogP contribution is 2.22. The van der Waals surface area contributed by atoms with Gasteiger partial charge in [-0.3, -0.25) is 0 Å². The minimum Gasteiger partial charge on any atom is -0.497 e. The van der Waals surface area contributed by atoms with Crippen LogP contribution in [0.3, 0.4) is 0 Å². The number of ether oxygens (including phenoxy) is 2. The maximum absolute atomic E-state index is 5.30. The average Bonchev–Trinajstić information content (AvgIpc) is 2.51. The summed E-state index contributed by atoms with van der Waals surface area (Å²) < 4.78 is 10.6. The largest absolute Gasteiger partial charge is 0.497 e. The molecule has 0 saturated heterocycles. The Kier molecular flexibility index (Phi) is 5.45. The molecule has 0 amide bonds. The molecule has 2 aromatic rings. The first-order valence-corrected chi connectivity index (χ1v) is 7.53. The molecule has 0 fully saturated rings. The van der Waals surface area contributed by atoms with Gasteiger partial charge < -0.3 is 14.8 Å². The number of methoxy groups -OCH3 is 2. The van der Waals surface area contributed by atoms with Gasteiger partial charge in [-0.2, -0.15) is 0 Å².